The molecule has 1 aliphatic rings. The molecule has 1 saturated heterocycles. The van der Waals surface area contributed by atoms with Gasteiger partial charge in [0.1, 0.15) is 6.61 Å². The van der Waals surface area contributed by atoms with Crippen molar-refractivity contribution >= 4 is 29.1 Å². The zero-order valence-corrected chi connectivity index (χ0v) is 13.4. The van der Waals surface area contributed by atoms with E-state index in [9.17, 15) is 19.7 Å². The maximum absolute atomic E-state index is 12.4. The molecule has 0 bridgehead atoms. The first-order valence-corrected chi connectivity index (χ1v) is 7.57. The van der Waals surface area contributed by atoms with Crippen molar-refractivity contribution in [3.63, 3.8) is 0 Å². The fourth-order valence-corrected chi connectivity index (χ4v) is 2.62. The summed E-state index contributed by atoms with van der Waals surface area (Å²) in [6.45, 7) is 2.37. The van der Waals surface area contributed by atoms with Crippen molar-refractivity contribution in [1.82, 2.24) is 0 Å². The smallest absolute Gasteiger partial charge is 0.414 e. The van der Waals surface area contributed by atoms with Crippen molar-refractivity contribution in [2.75, 3.05) is 23.4 Å². The number of amides is 2. The van der Waals surface area contributed by atoms with Gasteiger partial charge in [0.25, 0.3) is 11.6 Å². The number of benzene rings is 2. The van der Waals surface area contributed by atoms with Crippen LogP contribution in [-0.4, -0.2) is 30.1 Å². The van der Waals surface area contributed by atoms with E-state index < -0.39 is 16.9 Å². The summed E-state index contributed by atoms with van der Waals surface area (Å²) in [4.78, 5) is 35.9. The second kappa shape index (κ2) is 6.60. The third kappa shape index (κ3) is 3.27. The average molecular weight is 341 g/mol. The fourth-order valence-electron chi connectivity index (χ4n) is 2.62. The number of rotatable bonds is 4. The summed E-state index contributed by atoms with van der Waals surface area (Å²) in [6.07, 6.45) is -0.399. The lowest BCUT2D eigenvalue weighted by atomic mass is 10.1. The molecule has 0 radical (unpaired) electrons. The summed E-state index contributed by atoms with van der Waals surface area (Å²) < 4.78 is 4.88. The van der Waals surface area contributed by atoms with Gasteiger partial charge >= 0.3 is 6.09 Å². The molecule has 2 aromatic rings. The molecule has 8 heteroatoms. The van der Waals surface area contributed by atoms with Gasteiger partial charge in [0, 0.05) is 28.6 Å². The van der Waals surface area contributed by atoms with Crippen LogP contribution in [0.2, 0.25) is 0 Å². The van der Waals surface area contributed by atoms with Gasteiger partial charge in [-0.3, -0.25) is 19.8 Å². The van der Waals surface area contributed by atoms with Crippen LogP contribution < -0.4 is 10.2 Å². The first kappa shape index (κ1) is 16.4. The fraction of sp³-hybridized carbons (Fsp3) is 0.176. The van der Waals surface area contributed by atoms with Crippen molar-refractivity contribution in [2.45, 2.75) is 6.92 Å². The second-order valence-corrected chi connectivity index (χ2v) is 5.47. The molecule has 1 heterocycles. The minimum Gasteiger partial charge on any atom is -0.447 e. The minimum absolute atomic E-state index is 0.101. The van der Waals surface area contributed by atoms with Crippen LogP contribution in [0.3, 0.4) is 0 Å². The summed E-state index contributed by atoms with van der Waals surface area (Å²) in [5.41, 5.74) is 1.64. The number of nitrogens with zero attached hydrogens (tertiary/aromatic N) is 2. The molecule has 25 heavy (non-hydrogen) atoms. The van der Waals surface area contributed by atoms with E-state index in [1.807, 2.05) is 0 Å². The van der Waals surface area contributed by atoms with Crippen molar-refractivity contribution in [1.29, 1.82) is 0 Å². The summed E-state index contributed by atoms with van der Waals surface area (Å²) in [6, 6.07) is 11.1. The second-order valence-electron chi connectivity index (χ2n) is 5.47. The summed E-state index contributed by atoms with van der Waals surface area (Å²) in [5.74, 6) is -0.436. The van der Waals surface area contributed by atoms with Crippen LogP contribution in [0.5, 0.6) is 0 Å². The molecule has 3 rings (SSSR count). The van der Waals surface area contributed by atoms with Gasteiger partial charge in [-0.2, -0.15) is 0 Å². The summed E-state index contributed by atoms with van der Waals surface area (Å²) in [5, 5.41) is 13.7. The predicted molar refractivity (Wildman–Crippen MR) is 90.9 cm³/mol. The van der Waals surface area contributed by atoms with Crippen LogP contribution in [0, 0.1) is 17.0 Å². The Hall–Kier alpha value is -3.42. The van der Waals surface area contributed by atoms with E-state index in [4.69, 9.17) is 4.74 Å². The highest BCUT2D eigenvalue weighted by atomic mass is 16.6. The number of cyclic esters (lactones) is 1. The molecule has 2 aromatic carbocycles. The molecular weight excluding hydrogens is 326 g/mol. The van der Waals surface area contributed by atoms with Crippen LogP contribution in [0.25, 0.3) is 0 Å². The first-order valence-electron chi connectivity index (χ1n) is 7.57. The number of carbonyl (C=O) groups excluding carboxylic acids is 2. The number of hydrogen-bond donors (Lipinski definition) is 1. The van der Waals surface area contributed by atoms with Gasteiger partial charge in [-0.15, -0.1) is 0 Å². The van der Waals surface area contributed by atoms with Gasteiger partial charge in [0.05, 0.1) is 11.5 Å². The highest BCUT2D eigenvalue weighted by Crippen LogP contribution is 2.24. The number of carbonyl (C=O) groups is 2. The van der Waals surface area contributed by atoms with E-state index >= 15 is 0 Å². The zero-order chi connectivity index (χ0) is 18.0. The number of hydrogen-bond acceptors (Lipinski definition) is 5. The molecule has 0 atom stereocenters. The van der Waals surface area contributed by atoms with E-state index in [2.05, 4.69) is 5.32 Å². The highest BCUT2D eigenvalue weighted by Gasteiger charge is 2.23. The number of ether oxygens (including phenoxy) is 1. The maximum atomic E-state index is 12.4. The first-order chi connectivity index (χ1) is 12.0. The van der Waals surface area contributed by atoms with Crippen LogP contribution in [0.4, 0.5) is 21.9 Å². The minimum atomic E-state index is -0.518. The number of nitro groups is 1. The van der Waals surface area contributed by atoms with E-state index in [1.165, 1.54) is 30.0 Å². The Bertz CT molecular complexity index is 848. The topological polar surface area (TPSA) is 102 Å². The quantitative estimate of drug-likeness (QED) is 0.680. The Balaban J connectivity index is 1.76. The van der Waals surface area contributed by atoms with E-state index in [1.54, 1.807) is 24.3 Å². The van der Waals surface area contributed by atoms with Crippen molar-refractivity contribution in [2.24, 2.45) is 0 Å². The Morgan fingerprint density at radius 1 is 1.24 bits per heavy atom. The Kier molecular flexibility index (Phi) is 4.34. The Morgan fingerprint density at radius 3 is 2.56 bits per heavy atom. The normalized spacial score (nSPS) is 13.5. The largest absolute Gasteiger partial charge is 0.447 e. The molecule has 128 valence electrons. The number of anilines is 2. The SMILES string of the molecule is Cc1c(C(=O)Nc2ccc(N3CCOC3=O)cc2)cccc1[N+](=O)[O-]. The maximum Gasteiger partial charge on any atom is 0.414 e. The van der Waals surface area contributed by atoms with E-state index in [0.717, 1.165) is 0 Å². The molecule has 1 N–H and O–H groups in total. The molecule has 0 aliphatic carbocycles. The average Bonchev–Trinajstić information content (AvgIpc) is 3.01. The lowest BCUT2D eigenvalue weighted by molar-refractivity contribution is -0.385. The highest BCUT2D eigenvalue weighted by molar-refractivity contribution is 6.06. The van der Waals surface area contributed by atoms with E-state index in [-0.39, 0.29) is 11.3 Å². The van der Waals surface area contributed by atoms with Crippen LogP contribution in [0.1, 0.15) is 15.9 Å². The lowest BCUT2D eigenvalue weighted by Gasteiger charge is -2.13. The lowest BCUT2D eigenvalue weighted by Crippen LogP contribution is -2.23. The van der Waals surface area contributed by atoms with Crippen LogP contribution >= 0.6 is 0 Å². The van der Waals surface area contributed by atoms with Gasteiger partial charge in [-0.1, -0.05) is 6.07 Å². The van der Waals surface area contributed by atoms with Crippen molar-refractivity contribution in [3.8, 4) is 0 Å². The Labute approximate surface area is 143 Å². The molecule has 0 saturated carbocycles. The van der Waals surface area contributed by atoms with Crippen LogP contribution in [-0.2, 0) is 4.74 Å². The predicted octanol–water partition coefficient (Wildman–Crippen LogP) is 3.11. The monoisotopic (exact) mass is 341 g/mol. The van der Waals surface area contributed by atoms with E-state index in [0.29, 0.717) is 30.1 Å². The summed E-state index contributed by atoms with van der Waals surface area (Å²) in [7, 11) is 0. The molecule has 1 fully saturated rings. The van der Waals surface area contributed by atoms with Gasteiger partial charge in [-0.25, -0.2) is 4.79 Å². The van der Waals surface area contributed by atoms with Gasteiger partial charge in [-0.05, 0) is 37.3 Å². The molecule has 1 aliphatic heterocycles. The third-order valence-corrected chi connectivity index (χ3v) is 3.94. The molecule has 0 aromatic heterocycles. The Morgan fingerprint density at radius 2 is 1.96 bits per heavy atom. The molecule has 2 amide bonds. The van der Waals surface area contributed by atoms with Crippen molar-refractivity contribution in [3.05, 3.63) is 63.7 Å². The van der Waals surface area contributed by atoms with Crippen LogP contribution in [0.15, 0.2) is 42.5 Å². The zero-order valence-electron chi connectivity index (χ0n) is 13.4. The van der Waals surface area contributed by atoms with Gasteiger partial charge in [0.15, 0.2) is 0 Å². The molecule has 8 nitrogen and oxygen atoms in total. The molecular formula is C17H15N3O5. The van der Waals surface area contributed by atoms with Gasteiger partial charge in [0.2, 0.25) is 0 Å². The number of nitrogens with one attached hydrogen (secondary N) is 1. The van der Waals surface area contributed by atoms with Crippen molar-refractivity contribution < 1.29 is 19.2 Å². The van der Waals surface area contributed by atoms with Gasteiger partial charge < -0.3 is 10.1 Å². The molecule has 0 unspecified atom stereocenters. The third-order valence-electron chi connectivity index (χ3n) is 3.94. The summed E-state index contributed by atoms with van der Waals surface area (Å²) >= 11 is 0. The molecule has 0 spiro atoms. The number of nitro benzene ring substituents is 1. The standard InChI is InChI=1S/C17H15N3O5/c1-11-14(3-2-4-15(11)20(23)24)16(21)18-12-5-7-13(8-6-12)19-9-10-25-17(19)22/h2-8H,9-10H2,1H3,(H,18,21).